The van der Waals surface area contributed by atoms with Crippen molar-refractivity contribution < 1.29 is 14.7 Å². The number of phenolic OH excluding ortho intramolecular Hbond substituents is 1. The predicted molar refractivity (Wildman–Crippen MR) is 125 cm³/mol. The van der Waals surface area contributed by atoms with Crippen molar-refractivity contribution in [3.05, 3.63) is 77.9 Å². The van der Waals surface area contributed by atoms with Gasteiger partial charge in [-0.25, -0.2) is 0 Å². The van der Waals surface area contributed by atoms with Gasteiger partial charge in [0.2, 0.25) is 5.91 Å². The molecule has 1 aliphatic carbocycles. The summed E-state index contributed by atoms with van der Waals surface area (Å²) in [6.07, 6.45) is 1.90. The van der Waals surface area contributed by atoms with Gasteiger partial charge in [0.25, 0.3) is 0 Å². The lowest BCUT2D eigenvalue weighted by molar-refractivity contribution is -0.117. The van der Waals surface area contributed by atoms with Crippen LogP contribution in [0.3, 0.4) is 0 Å². The van der Waals surface area contributed by atoms with Crippen molar-refractivity contribution in [2.45, 2.75) is 18.9 Å². The van der Waals surface area contributed by atoms with E-state index in [0.717, 1.165) is 48.3 Å². The Labute approximate surface area is 186 Å². The van der Waals surface area contributed by atoms with Gasteiger partial charge in [0, 0.05) is 41.6 Å². The molecule has 2 aliphatic rings. The molecule has 5 rings (SSSR count). The number of hydrogen-bond donors (Lipinski definition) is 3. The number of nitrogens with zero attached hydrogens (tertiary/aromatic N) is 1. The number of carbonyl (C=O) groups excluding carboxylic acids is 2. The van der Waals surface area contributed by atoms with Gasteiger partial charge >= 0.3 is 0 Å². The van der Waals surface area contributed by atoms with E-state index in [9.17, 15) is 14.7 Å². The second-order valence-electron chi connectivity index (χ2n) is 8.42. The quantitative estimate of drug-likeness (QED) is 0.418. The molecule has 1 amide bonds. The maximum Gasteiger partial charge on any atom is 0.238 e. The Morgan fingerprint density at radius 2 is 1.53 bits per heavy atom. The lowest BCUT2D eigenvalue weighted by Crippen LogP contribution is -2.42. The van der Waals surface area contributed by atoms with Crippen molar-refractivity contribution in [2.75, 3.05) is 30.3 Å². The molecule has 0 unspecified atom stereocenters. The van der Waals surface area contributed by atoms with E-state index in [4.69, 9.17) is 0 Å². The average Bonchev–Trinajstić information content (AvgIpc) is 3.08. The van der Waals surface area contributed by atoms with Crippen LogP contribution in [0.2, 0.25) is 0 Å². The van der Waals surface area contributed by atoms with E-state index in [0.29, 0.717) is 23.8 Å². The molecule has 0 aromatic heterocycles. The number of aromatic hydroxyl groups is 1. The Kier molecular flexibility index (Phi) is 5.37. The minimum absolute atomic E-state index is 0.0391. The second-order valence-corrected chi connectivity index (χ2v) is 8.42. The number of nitrogens with one attached hydrogen (secondary N) is 2. The third-order valence-electron chi connectivity index (χ3n) is 6.20. The van der Waals surface area contributed by atoms with E-state index >= 15 is 0 Å². The van der Waals surface area contributed by atoms with Crippen LogP contribution in [0.25, 0.3) is 11.1 Å². The summed E-state index contributed by atoms with van der Waals surface area (Å²) in [6, 6.07) is 20.5. The first-order valence-electron chi connectivity index (χ1n) is 10.9. The first kappa shape index (κ1) is 20.3. The minimum atomic E-state index is -0.0486. The van der Waals surface area contributed by atoms with E-state index < -0.39 is 0 Å². The molecule has 3 aromatic rings. The molecule has 0 saturated carbocycles. The highest BCUT2D eigenvalue weighted by molar-refractivity contribution is 6.22. The van der Waals surface area contributed by atoms with Crippen LogP contribution in [0.5, 0.6) is 5.75 Å². The average molecular weight is 428 g/mol. The zero-order valence-electron chi connectivity index (χ0n) is 17.7. The van der Waals surface area contributed by atoms with Crippen molar-refractivity contribution in [3.8, 4) is 16.9 Å². The Morgan fingerprint density at radius 3 is 2.28 bits per heavy atom. The molecule has 3 aromatic carbocycles. The van der Waals surface area contributed by atoms with Crippen molar-refractivity contribution in [2.24, 2.45) is 0 Å². The number of carbonyl (C=O) groups is 2. The summed E-state index contributed by atoms with van der Waals surface area (Å²) in [6.45, 7) is 2.03. The molecule has 3 N–H and O–H groups in total. The first-order valence-corrected chi connectivity index (χ1v) is 10.9. The van der Waals surface area contributed by atoms with Crippen LogP contribution in [0.15, 0.2) is 66.7 Å². The molecular weight excluding hydrogens is 402 g/mol. The van der Waals surface area contributed by atoms with Gasteiger partial charge in [-0.1, -0.05) is 24.3 Å². The molecule has 1 aliphatic heterocycles. The summed E-state index contributed by atoms with van der Waals surface area (Å²) in [4.78, 5) is 27.3. The summed E-state index contributed by atoms with van der Waals surface area (Å²) < 4.78 is 0. The molecule has 6 heteroatoms. The topological polar surface area (TPSA) is 81.7 Å². The number of rotatable bonds is 5. The number of amides is 1. The Hall–Kier alpha value is -3.64. The van der Waals surface area contributed by atoms with Gasteiger partial charge in [-0.05, 0) is 66.4 Å². The number of piperidine rings is 1. The zero-order valence-corrected chi connectivity index (χ0v) is 17.7. The lowest BCUT2D eigenvalue weighted by Gasteiger charge is -2.32. The fourth-order valence-electron chi connectivity index (χ4n) is 4.54. The van der Waals surface area contributed by atoms with Crippen LogP contribution < -0.4 is 10.6 Å². The molecule has 0 spiro atoms. The molecular formula is C26H25N3O3. The Morgan fingerprint density at radius 1 is 0.875 bits per heavy atom. The summed E-state index contributed by atoms with van der Waals surface area (Å²) in [5, 5.41) is 15.9. The maximum absolute atomic E-state index is 12.6. The predicted octanol–water partition coefficient (Wildman–Crippen LogP) is 4.12. The largest absolute Gasteiger partial charge is 0.508 e. The Bertz CT molecular complexity index is 1170. The van der Waals surface area contributed by atoms with Crippen LogP contribution >= 0.6 is 0 Å². The molecule has 162 valence electrons. The summed E-state index contributed by atoms with van der Waals surface area (Å²) in [7, 11) is 0. The number of fused-ring (bicyclic) bond motifs is 3. The number of phenols is 1. The smallest absolute Gasteiger partial charge is 0.238 e. The third kappa shape index (κ3) is 4.09. The molecule has 1 saturated heterocycles. The third-order valence-corrected chi connectivity index (χ3v) is 6.20. The van der Waals surface area contributed by atoms with Gasteiger partial charge in [-0.3, -0.25) is 14.5 Å². The fraction of sp³-hybridized carbons (Fsp3) is 0.231. The molecule has 1 heterocycles. The summed E-state index contributed by atoms with van der Waals surface area (Å²) in [5.41, 5.74) is 4.91. The highest BCUT2D eigenvalue weighted by Gasteiger charge is 2.26. The maximum atomic E-state index is 12.6. The van der Waals surface area contributed by atoms with E-state index in [2.05, 4.69) is 15.5 Å². The van der Waals surface area contributed by atoms with Crippen LogP contribution in [-0.4, -0.2) is 47.4 Å². The first-order chi connectivity index (χ1) is 15.6. The number of hydrogen-bond acceptors (Lipinski definition) is 5. The van der Waals surface area contributed by atoms with Gasteiger partial charge < -0.3 is 15.7 Å². The van der Waals surface area contributed by atoms with E-state index in [1.165, 1.54) is 0 Å². The summed E-state index contributed by atoms with van der Waals surface area (Å²) in [5.74, 6) is 0.250. The normalized spacial score (nSPS) is 15.8. The van der Waals surface area contributed by atoms with Gasteiger partial charge in [-0.15, -0.1) is 0 Å². The van der Waals surface area contributed by atoms with Crippen molar-refractivity contribution in [1.29, 1.82) is 0 Å². The standard InChI is InChI=1S/C26H25N3O3/c30-20-8-5-17(6-9-20)27-18-11-13-29(14-12-18)16-25(31)28-19-7-10-23-24(15-19)21-3-1-2-4-22(21)26(23)32/h1-10,15,18,27,30H,11-14,16H2,(H,28,31). The molecule has 6 nitrogen and oxygen atoms in total. The van der Waals surface area contributed by atoms with Gasteiger partial charge in [-0.2, -0.15) is 0 Å². The minimum Gasteiger partial charge on any atom is -0.508 e. The van der Waals surface area contributed by atoms with Crippen LogP contribution in [0.1, 0.15) is 28.8 Å². The number of likely N-dealkylation sites (tertiary alicyclic amines) is 1. The molecule has 1 fully saturated rings. The highest BCUT2D eigenvalue weighted by Crippen LogP contribution is 2.37. The van der Waals surface area contributed by atoms with Crippen LogP contribution in [0.4, 0.5) is 11.4 Å². The van der Waals surface area contributed by atoms with Crippen LogP contribution in [-0.2, 0) is 4.79 Å². The number of anilines is 2. The Balaban J connectivity index is 1.16. The van der Waals surface area contributed by atoms with E-state index in [-0.39, 0.29) is 17.4 Å². The number of benzene rings is 3. The van der Waals surface area contributed by atoms with Gasteiger partial charge in [0.05, 0.1) is 6.54 Å². The van der Waals surface area contributed by atoms with E-state index in [1.807, 2.05) is 42.5 Å². The van der Waals surface area contributed by atoms with Crippen LogP contribution in [0, 0.1) is 0 Å². The zero-order chi connectivity index (χ0) is 22.1. The molecule has 0 radical (unpaired) electrons. The van der Waals surface area contributed by atoms with Crippen molar-refractivity contribution in [1.82, 2.24) is 4.90 Å². The van der Waals surface area contributed by atoms with Crippen molar-refractivity contribution >= 4 is 23.1 Å². The highest BCUT2D eigenvalue weighted by atomic mass is 16.3. The lowest BCUT2D eigenvalue weighted by atomic mass is 10.0. The van der Waals surface area contributed by atoms with Crippen molar-refractivity contribution in [3.63, 3.8) is 0 Å². The molecule has 0 atom stereocenters. The SMILES string of the molecule is O=C(CN1CCC(Nc2ccc(O)cc2)CC1)Nc1ccc2c(c1)-c1ccccc1C2=O. The second kappa shape index (κ2) is 8.48. The molecule has 0 bridgehead atoms. The molecule has 32 heavy (non-hydrogen) atoms. The summed E-state index contributed by atoms with van der Waals surface area (Å²) >= 11 is 0. The number of ketones is 1. The van der Waals surface area contributed by atoms with Gasteiger partial charge in [0.15, 0.2) is 5.78 Å². The van der Waals surface area contributed by atoms with E-state index in [1.54, 1.807) is 24.3 Å². The van der Waals surface area contributed by atoms with Gasteiger partial charge in [0.1, 0.15) is 5.75 Å². The monoisotopic (exact) mass is 427 g/mol. The fourth-order valence-corrected chi connectivity index (χ4v) is 4.54.